The van der Waals surface area contributed by atoms with Crippen molar-refractivity contribution in [3.8, 4) is 11.5 Å². The number of aryl methyl sites for hydroxylation is 1. The van der Waals surface area contributed by atoms with E-state index in [1.165, 1.54) is 0 Å². The molecule has 3 aromatic rings. The number of hydrogen-bond donors (Lipinski definition) is 1. The van der Waals surface area contributed by atoms with E-state index in [2.05, 4.69) is 22.4 Å². The Morgan fingerprint density at radius 2 is 1.73 bits per heavy atom. The molecule has 4 aliphatic rings. The molecule has 7 rings (SSSR count). The predicted molar refractivity (Wildman–Crippen MR) is 156 cm³/mol. The van der Waals surface area contributed by atoms with Crippen LogP contribution in [-0.4, -0.2) is 36.4 Å². The van der Waals surface area contributed by atoms with E-state index in [0.29, 0.717) is 22.7 Å². The molecule has 0 aromatic heterocycles. The maximum atomic E-state index is 14.9. The van der Waals surface area contributed by atoms with Crippen LogP contribution < -0.4 is 19.7 Å². The van der Waals surface area contributed by atoms with Gasteiger partial charge in [-0.1, -0.05) is 56.7 Å². The molecule has 208 valence electrons. The number of amides is 1. The first-order valence-electron chi connectivity index (χ1n) is 14.0. The molecule has 1 N–H and O–H groups in total. The number of ketones is 2. The number of nitrogens with zero attached hydrogens (tertiary/aromatic N) is 1. The van der Waals surface area contributed by atoms with Gasteiger partial charge < -0.3 is 19.7 Å². The summed E-state index contributed by atoms with van der Waals surface area (Å²) in [6.45, 7) is 9.78. The zero-order chi connectivity index (χ0) is 28.8. The number of allylic oxidation sites excluding steroid dienone is 1. The first-order chi connectivity index (χ1) is 19.5. The molecule has 0 radical (unpaired) electrons. The Hall–Kier alpha value is -4.39. The summed E-state index contributed by atoms with van der Waals surface area (Å²) in [5.74, 6) is -0.584. The van der Waals surface area contributed by atoms with Gasteiger partial charge in [-0.25, -0.2) is 0 Å². The van der Waals surface area contributed by atoms with Crippen LogP contribution in [0.4, 0.5) is 11.4 Å². The Labute approximate surface area is 239 Å². The molecule has 4 heterocycles. The fraction of sp³-hybridized carbons (Fsp3) is 0.324. The van der Waals surface area contributed by atoms with Crippen LogP contribution >= 0.6 is 0 Å². The minimum absolute atomic E-state index is 0.0807. The highest BCUT2D eigenvalue weighted by atomic mass is 16.7. The maximum absolute atomic E-state index is 14.9. The number of rotatable bonds is 3. The zero-order valence-electron chi connectivity index (χ0n) is 23.8. The van der Waals surface area contributed by atoms with Crippen LogP contribution in [0.25, 0.3) is 5.57 Å². The minimum atomic E-state index is -1.33. The van der Waals surface area contributed by atoms with Crippen LogP contribution in [-0.2, 0) is 15.0 Å². The zero-order valence-corrected chi connectivity index (χ0v) is 23.8. The van der Waals surface area contributed by atoms with Crippen molar-refractivity contribution in [3.05, 3.63) is 89.0 Å². The highest BCUT2D eigenvalue weighted by molar-refractivity contribution is 6.17. The molecule has 1 fully saturated rings. The van der Waals surface area contributed by atoms with Crippen molar-refractivity contribution in [1.82, 2.24) is 0 Å². The molecule has 1 amide bonds. The minimum Gasteiger partial charge on any atom is -0.454 e. The lowest BCUT2D eigenvalue weighted by Gasteiger charge is -2.40. The van der Waals surface area contributed by atoms with Crippen molar-refractivity contribution in [2.45, 2.75) is 52.1 Å². The number of benzene rings is 3. The van der Waals surface area contributed by atoms with E-state index in [4.69, 9.17) is 9.47 Å². The summed E-state index contributed by atoms with van der Waals surface area (Å²) in [6.07, 6.45) is 2.08. The van der Waals surface area contributed by atoms with Crippen molar-refractivity contribution in [2.24, 2.45) is 11.3 Å². The van der Waals surface area contributed by atoms with E-state index in [9.17, 15) is 14.4 Å². The molecular formula is C34H32N2O5. The number of anilines is 2. The average molecular weight is 549 g/mol. The first kappa shape index (κ1) is 25.6. The van der Waals surface area contributed by atoms with Gasteiger partial charge in [-0.2, -0.15) is 0 Å². The summed E-state index contributed by atoms with van der Waals surface area (Å²) in [5.41, 5.74) is 3.66. The first-order valence-corrected chi connectivity index (χ1v) is 14.0. The second kappa shape index (κ2) is 8.56. The van der Waals surface area contributed by atoms with E-state index in [-0.39, 0.29) is 24.3 Å². The molecule has 1 spiro atoms. The summed E-state index contributed by atoms with van der Waals surface area (Å²) in [5, 5.41) is 3.08. The molecule has 0 unspecified atom stereocenters. The van der Waals surface area contributed by atoms with Crippen LogP contribution in [0.2, 0.25) is 0 Å². The van der Waals surface area contributed by atoms with E-state index in [0.717, 1.165) is 28.0 Å². The van der Waals surface area contributed by atoms with Crippen LogP contribution in [0.15, 0.2) is 66.7 Å². The second-order valence-electron chi connectivity index (χ2n) is 12.6. The SMILES string of the molecule is CC1=C[C@@H]2N(c3ccc(C)cc31)[C@H](C(=O)C(C)(C)C)[C@H](C(=O)c1ccc3c(c1)OCO3)[C@@]21C(=O)Nc2ccccc21. The molecule has 0 saturated carbocycles. The molecular weight excluding hydrogens is 516 g/mol. The van der Waals surface area contributed by atoms with E-state index >= 15 is 0 Å². The Morgan fingerprint density at radius 3 is 2.51 bits per heavy atom. The molecule has 4 aliphatic heterocycles. The number of para-hydroxylation sites is 1. The standard InChI is InChI=1S/C34H32N2O5/c1-18-10-12-24-21(14-18)19(2)15-27-34(22-8-6-7-9-23(22)35-32(34)39)28(29(36(24)27)31(38)33(3,4)5)30(37)20-11-13-25-26(16-20)41-17-40-25/h6-16,27-29H,17H2,1-5H3,(H,35,39)/t27-,28+,29-,34-/m0/s1. The Bertz CT molecular complexity index is 1700. The van der Waals surface area contributed by atoms with Crippen molar-refractivity contribution in [1.29, 1.82) is 0 Å². The van der Waals surface area contributed by atoms with Gasteiger partial charge in [0, 0.05) is 27.9 Å². The number of carbonyl (C=O) groups is 3. The average Bonchev–Trinajstić information content (AvgIpc) is 3.61. The fourth-order valence-electron chi connectivity index (χ4n) is 7.22. The largest absolute Gasteiger partial charge is 0.454 e. The Kier molecular flexibility index (Phi) is 5.34. The highest BCUT2D eigenvalue weighted by Crippen LogP contribution is 2.59. The van der Waals surface area contributed by atoms with Gasteiger partial charge >= 0.3 is 0 Å². The fourth-order valence-corrected chi connectivity index (χ4v) is 7.22. The maximum Gasteiger partial charge on any atom is 0.238 e. The quantitative estimate of drug-likeness (QED) is 0.423. The van der Waals surface area contributed by atoms with Gasteiger partial charge in [0.05, 0.1) is 12.0 Å². The van der Waals surface area contributed by atoms with Gasteiger partial charge in [-0.15, -0.1) is 0 Å². The lowest BCUT2D eigenvalue weighted by molar-refractivity contribution is -0.128. The highest BCUT2D eigenvalue weighted by Gasteiger charge is 2.71. The van der Waals surface area contributed by atoms with Gasteiger partial charge in [-0.3, -0.25) is 14.4 Å². The van der Waals surface area contributed by atoms with Gasteiger partial charge in [0.1, 0.15) is 11.5 Å². The van der Waals surface area contributed by atoms with Crippen LogP contribution in [0.1, 0.15) is 54.7 Å². The summed E-state index contributed by atoms with van der Waals surface area (Å²) in [6, 6.07) is 17.4. The number of ether oxygens (including phenoxy) is 2. The smallest absolute Gasteiger partial charge is 0.238 e. The third-order valence-corrected chi connectivity index (χ3v) is 9.08. The van der Waals surface area contributed by atoms with Gasteiger partial charge in [0.2, 0.25) is 12.7 Å². The lowest BCUT2D eigenvalue weighted by Crippen LogP contribution is -2.51. The van der Waals surface area contributed by atoms with Crippen molar-refractivity contribution < 1.29 is 23.9 Å². The molecule has 7 nitrogen and oxygen atoms in total. The number of Topliss-reactive ketones (excluding diaryl/α,β-unsaturated/α-hetero) is 2. The molecule has 4 atom stereocenters. The van der Waals surface area contributed by atoms with Crippen molar-refractivity contribution >= 4 is 34.4 Å². The van der Waals surface area contributed by atoms with E-state index < -0.39 is 28.8 Å². The van der Waals surface area contributed by atoms with Crippen LogP contribution in [0.3, 0.4) is 0 Å². The molecule has 1 saturated heterocycles. The Morgan fingerprint density at radius 1 is 0.976 bits per heavy atom. The van der Waals surface area contributed by atoms with Gasteiger partial charge in [0.15, 0.2) is 23.1 Å². The number of hydrogen-bond acceptors (Lipinski definition) is 6. The molecule has 0 bridgehead atoms. The predicted octanol–water partition coefficient (Wildman–Crippen LogP) is 5.70. The van der Waals surface area contributed by atoms with Crippen LogP contribution in [0, 0.1) is 18.3 Å². The number of nitrogens with one attached hydrogen (secondary N) is 1. The van der Waals surface area contributed by atoms with Crippen molar-refractivity contribution in [3.63, 3.8) is 0 Å². The number of fused-ring (bicyclic) bond motifs is 7. The summed E-state index contributed by atoms with van der Waals surface area (Å²) in [7, 11) is 0. The Balaban J connectivity index is 1.54. The van der Waals surface area contributed by atoms with E-state index in [1.807, 2.05) is 71.0 Å². The monoisotopic (exact) mass is 548 g/mol. The third-order valence-electron chi connectivity index (χ3n) is 9.08. The number of carbonyl (C=O) groups excluding carboxylic acids is 3. The summed E-state index contributed by atoms with van der Waals surface area (Å²) >= 11 is 0. The van der Waals surface area contributed by atoms with E-state index in [1.54, 1.807) is 18.2 Å². The summed E-state index contributed by atoms with van der Waals surface area (Å²) in [4.78, 5) is 46.0. The van der Waals surface area contributed by atoms with Crippen molar-refractivity contribution in [2.75, 3.05) is 17.0 Å². The third kappa shape index (κ3) is 3.41. The van der Waals surface area contributed by atoms with Gasteiger partial charge in [-0.05, 0) is 61.4 Å². The molecule has 3 aromatic carbocycles. The summed E-state index contributed by atoms with van der Waals surface area (Å²) < 4.78 is 11.1. The van der Waals surface area contributed by atoms with Crippen LogP contribution in [0.5, 0.6) is 11.5 Å². The normalized spacial score (nSPS) is 25.4. The second-order valence-corrected chi connectivity index (χ2v) is 12.6. The molecule has 41 heavy (non-hydrogen) atoms. The molecule has 7 heteroatoms. The topological polar surface area (TPSA) is 84.9 Å². The lowest BCUT2D eigenvalue weighted by atomic mass is 9.63. The van der Waals surface area contributed by atoms with Gasteiger partial charge in [0.25, 0.3) is 0 Å². The molecule has 0 aliphatic carbocycles.